The number of carbonyl (C=O) groups is 3. The number of rotatable bonds is 10. The van der Waals surface area contributed by atoms with Gasteiger partial charge in [-0.15, -0.1) is 0 Å². The number of nitrogens with zero attached hydrogens (tertiary/aromatic N) is 1. The Morgan fingerprint density at radius 3 is 2.69 bits per heavy atom. The molecule has 2 N–H and O–H groups in total. The summed E-state index contributed by atoms with van der Waals surface area (Å²) < 4.78 is 39.9. The van der Waals surface area contributed by atoms with Crippen LogP contribution in [0.5, 0.6) is 0 Å². The number of hydrogen-bond acceptors (Lipinski definition) is 8. The molecule has 2 atom stereocenters. The Hall–Kier alpha value is -2.67. The first-order valence-electron chi connectivity index (χ1n) is 9.65. The molecule has 2 aliphatic rings. The highest BCUT2D eigenvalue weighted by Gasteiger charge is 2.55. The number of esters is 1. The van der Waals surface area contributed by atoms with Crippen molar-refractivity contribution in [1.82, 2.24) is 10.2 Å². The highest BCUT2D eigenvalue weighted by molar-refractivity contribution is 8.05. The number of thioether (sulfide) groups is 1. The number of amides is 2. The molecule has 1 aromatic rings. The van der Waals surface area contributed by atoms with Crippen molar-refractivity contribution >= 4 is 39.9 Å². The quantitative estimate of drug-likeness (QED) is 0.290. The highest BCUT2D eigenvalue weighted by Crippen LogP contribution is 2.47. The van der Waals surface area contributed by atoms with Gasteiger partial charge in [-0.25, -0.2) is 8.98 Å². The smallest absolute Gasteiger partial charge is 0.397 e. The van der Waals surface area contributed by atoms with Crippen LogP contribution in [0.4, 0.5) is 0 Å². The van der Waals surface area contributed by atoms with E-state index < -0.39 is 22.3 Å². The monoisotopic (exact) mass is 482 g/mol. The highest BCUT2D eigenvalue weighted by atomic mass is 32.3. The maximum absolute atomic E-state index is 12.8. The molecule has 1 aromatic carbocycles. The summed E-state index contributed by atoms with van der Waals surface area (Å²) in [5, 5.41) is 4.09. The van der Waals surface area contributed by atoms with Gasteiger partial charge in [-0.1, -0.05) is 42.1 Å². The SMILES string of the molecule is CC(=O)N/C=C/SC1=C(C(=O)OCc2ccccc2)N2C(=O)[C@H](CCOS(=O)(=O)O)[C@H]2C1. The molecule has 0 aromatic heterocycles. The van der Waals surface area contributed by atoms with Crippen molar-refractivity contribution < 1.29 is 36.3 Å². The number of carbonyl (C=O) groups excluding carboxylic acids is 3. The summed E-state index contributed by atoms with van der Waals surface area (Å²) in [6, 6.07) is 8.76. The van der Waals surface area contributed by atoms with Gasteiger partial charge in [0.1, 0.15) is 12.3 Å². The van der Waals surface area contributed by atoms with E-state index >= 15 is 0 Å². The van der Waals surface area contributed by atoms with E-state index in [0.717, 1.165) is 5.56 Å². The zero-order valence-electron chi connectivity index (χ0n) is 17.1. The summed E-state index contributed by atoms with van der Waals surface area (Å²) in [4.78, 5) is 38.5. The van der Waals surface area contributed by atoms with Crippen LogP contribution in [0.2, 0.25) is 0 Å². The summed E-state index contributed by atoms with van der Waals surface area (Å²) in [6.45, 7) is 1.06. The molecule has 0 saturated carbocycles. The molecule has 0 spiro atoms. The first-order valence-corrected chi connectivity index (χ1v) is 11.9. The molecule has 1 saturated heterocycles. The van der Waals surface area contributed by atoms with Crippen LogP contribution in [0.15, 0.2) is 52.5 Å². The van der Waals surface area contributed by atoms with E-state index in [2.05, 4.69) is 9.50 Å². The Bertz CT molecular complexity index is 1050. The minimum atomic E-state index is -4.59. The van der Waals surface area contributed by atoms with E-state index in [0.29, 0.717) is 11.3 Å². The van der Waals surface area contributed by atoms with Gasteiger partial charge in [-0.05, 0) is 17.4 Å². The van der Waals surface area contributed by atoms with Gasteiger partial charge < -0.3 is 15.0 Å². The van der Waals surface area contributed by atoms with Gasteiger partial charge in [-0.3, -0.25) is 14.1 Å². The molecular weight excluding hydrogens is 460 g/mol. The second-order valence-corrected chi connectivity index (χ2v) is 9.17. The third kappa shape index (κ3) is 5.97. The van der Waals surface area contributed by atoms with Crippen molar-refractivity contribution in [2.24, 2.45) is 5.92 Å². The first-order chi connectivity index (χ1) is 15.2. The summed E-state index contributed by atoms with van der Waals surface area (Å²) in [5.41, 5.74) is 0.936. The van der Waals surface area contributed by atoms with Crippen LogP contribution in [0.1, 0.15) is 25.3 Å². The number of ether oxygens (including phenoxy) is 1. The average Bonchev–Trinajstić information content (AvgIpc) is 3.07. The third-order valence-corrected chi connectivity index (χ3v) is 6.26. The minimum Gasteiger partial charge on any atom is -0.456 e. The molecule has 0 bridgehead atoms. The lowest BCUT2D eigenvalue weighted by molar-refractivity contribution is -0.157. The van der Waals surface area contributed by atoms with Crippen LogP contribution in [-0.2, 0) is 40.3 Å². The van der Waals surface area contributed by atoms with E-state index in [1.165, 1.54) is 29.8 Å². The molecule has 10 nitrogen and oxygen atoms in total. The Balaban J connectivity index is 1.71. The zero-order chi connectivity index (χ0) is 23.3. The lowest BCUT2D eigenvalue weighted by Gasteiger charge is -2.43. The van der Waals surface area contributed by atoms with Crippen LogP contribution < -0.4 is 5.32 Å². The van der Waals surface area contributed by atoms with Crippen LogP contribution in [0.25, 0.3) is 0 Å². The molecule has 172 valence electrons. The van der Waals surface area contributed by atoms with Crippen molar-refractivity contribution in [3.05, 3.63) is 58.1 Å². The Labute approximate surface area is 189 Å². The van der Waals surface area contributed by atoms with Crippen molar-refractivity contribution in [1.29, 1.82) is 0 Å². The van der Waals surface area contributed by atoms with Crippen molar-refractivity contribution in [2.75, 3.05) is 6.61 Å². The van der Waals surface area contributed by atoms with Gasteiger partial charge in [0, 0.05) is 24.4 Å². The van der Waals surface area contributed by atoms with Crippen LogP contribution in [0.3, 0.4) is 0 Å². The van der Waals surface area contributed by atoms with E-state index in [9.17, 15) is 22.8 Å². The molecule has 0 radical (unpaired) electrons. The lowest BCUT2D eigenvalue weighted by atomic mass is 9.85. The van der Waals surface area contributed by atoms with Crippen LogP contribution >= 0.6 is 11.8 Å². The largest absolute Gasteiger partial charge is 0.456 e. The molecule has 32 heavy (non-hydrogen) atoms. The number of benzene rings is 1. The molecular formula is C20H22N2O8S2. The van der Waals surface area contributed by atoms with Gasteiger partial charge >= 0.3 is 16.4 Å². The number of hydrogen-bond donors (Lipinski definition) is 2. The normalized spacial score (nSPS) is 20.3. The number of fused-ring (bicyclic) bond motifs is 1. The Kier molecular flexibility index (Phi) is 7.72. The molecule has 2 heterocycles. The van der Waals surface area contributed by atoms with Gasteiger partial charge in [0.15, 0.2) is 0 Å². The average molecular weight is 483 g/mol. The maximum atomic E-state index is 12.8. The second-order valence-electron chi connectivity index (χ2n) is 7.08. The topological polar surface area (TPSA) is 139 Å². The standard InChI is InChI=1S/C20H22N2O8S2/c1-13(23)21-8-10-31-17-11-16-15(7-9-30-32(26,27)28)19(24)22(16)18(17)20(25)29-12-14-5-3-2-4-6-14/h2-6,8,10,15-16H,7,9,11-12H2,1H3,(H,21,23)(H,26,27,28)/b10-8+/t15-,16-/m1/s1. The van der Waals surface area contributed by atoms with Gasteiger partial charge in [0.25, 0.3) is 0 Å². The Morgan fingerprint density at radius 2 is 2.03 bits per heavy atom. The predicted octanol–water partition coefficient (Wildman–Crippen LogP) is 1.72. The fourth-order valence-corrected chi connectivity index (χ4v) is 4.67. The summed E-state index contributed by atoms with van der Waals surface area (Å²) in [5.74, 6) is -1.79. The Morgan fingerprint density at radius 1 is 1.31 bits per heavy atom. The molecule has 1 fully saturated rings. The molecule has 2 aliphatic heterocycles. The summed E-state index contributed by atoms with van der Waals surface area (Å²) >= 11 is 1.19. The molecule has 0 aliphatic carbocycles. The first kappa shape index (κ1) is 24.0. The van der Waals surface area contributed by atoms with E-state index in [1.54, 1.807) is 5.41 Å². The van der Waals surface area contributed by atoms with Crippen LogP contribution in [0, 0.1) is 5.92 Å². The maximum Gasteiger partial charge on any atom is 0.397 e. The van der Waals surface area contributed by atoms with E-state index in [-0.39, 0.29) is 43.2 Å². The molecule has 0 unspecified atom stereocenters. The summed E-state index contributed by atoms with van der Waals surface area (Å²) in [7, 11) is -4.59. The minimum absolute atomic E-state index is 0.0428. The second kappa shape index (κ2) is 10.3. The summed E-state index contributed by atoms with van der Waals surface area (Å²) in [6.07, 6.45) is 1.88. The van der Waals surface area contributed by atoms with Gasteiger partial charge in [0.05, 0.1) is 18.6 Å². The van der Waals surface area contributed by atoms with Crippen molar-refractivity contribution in [3.63, 3.8) is 0 Å². The van der Waals surface area contributed by atoms with Crippen LogP contribution in [-0.4, -0.2) is 48.3 Å². The van der Waals surface area contributed by atoms with Gasteiger partial charge in [0.2, 0.25) is 11.8 Å². The van der Waals surface area contributed by atoms with Crippen molar-refractivity contribution in [3.8, 4) is 0 Å². The molecule has 2 amide bonds. The fraction of sp³-hybridized carbons (Fsp3) is 0.350. The molecule has 12 heteroatoms. The van der Waals surface area contributed by atoms with Crippen molar-refractivity contribution in [2.45, 2.75) is 32.4 Å². The third-order valence-electron chi connectivity index (χ3n) is 4.88. The number of nitrogens with one attached hydrogen (secondary N) is 1. The predicted molar refractivity (Wildman–Crippen MR) is 115 cm³/mol. The fourth-order valence-electron chi connectivity index (χ4n) is 3.51. The van der Waals surface area contributed by atoms with E-state index in [1.807, 2.05) is 30.3 Å². The van der Waals surface area contributed by atoms with E-state index in [4.69, 9.17) is 9.29 Å². The lowest BCUT2D eigenvalue weighted by Crippen LogP contribution is -2.58. The zero-order valence-corrected chi connectivity index (χ0v) is 18.7. The van der Waals surface area contributed by atoms with Gasteiger partial charge in [-0.2, -0.15) is 8.42 Å². The number of β-lactam (4-membered cyclic amide) rings is 1. The molecule has 3 rings (SSSR count).